The molecule has 170 valence electrons. The highest BCUT2D eigenvalue weighted by molar-refractivity contribution is 5.71. The van der Waals surface area contributed by atoms with Gasteiger partial charge in [0.25, 0.3) is 0 Å². The van der Waals surface area contributed by atoms with Gasteiger partial charge in [-0.05, 0) is 52.6 Å². The fourth-order valence-electron chi connectivity index (χ4n) is 3.59. The van der Waals surface area contributed by atoms with Crippen molar-refractivity contribution >= 4 is 0 Å². The van der Waals surface area contributed by atoms with Crippen LogP contribution in [0.25, 0.3) is 11.1 Å². The first kappa shape index (κ1) is 23.1. The summed E-state index contributed by atoms with van der Waals surface area (Å²) < 4.78 is 32.5. The van der Waals surface area contributed by atoms with Gasteiger partial charge in [-0.25, -0.2) is 0 Å². The minimum Gasteiger partial charge on any atom is -0.493 e. The first-order valence-electron chi connectivity index (χ1n) is 9.89. The third-order valence-electron chi connectivity index (χ3n) is 5.20. The molecular formula is C25H28O7. The maximum absolute atomic E-state index is 11.1. The number of methoxy groups -OCH3 is 6. The van der Waals surface area contributed by atoms with Gasteiger partial charge >= 0.3 is 0 Å². The predicted molar refractivity (Wildman–Crippen MR) is 122 cm³/mol. The van der Waals surface area contributed by atoms with Gasteiger partial charge in [-0.2, -0.15) is 0 Å². The summed E-state index contributed by atoms with van der Waals surface area (Å²) in [5, 5.41) is 11.1. The maximum Gasteiger partial charge on any atom is 0.203 e. The van der Waals surface area contributed by atoms with Gasteiger partial charge in [0.05, 0.1) is 42.7 Å². The molecular weight excluding hydrogens is 412 g/mol. The van der Waals surface area contributed by atoms with Crippen LogP contribution in [0.2, 0.25) is 0 Å². The molecule has 0 aliphatic rings. The quantitative estimate of drug-likeness (QED) is 0.526. The highest BCUT2D eigenvalue weighted by Gasteiger charge is 2.20. The molecule has 1 atom stereocenters. The Balaban J connectivity index is 2.05. The van der Waals surface area contributed by atoms with E-state index < -0.39 is 6.10 Å². The third-order valence-corrected chi connectivity index (χ3v) is 5.20. The Bertz CT molecular complexity index is 1030. The van der Waals surface area contributed by atoms with E-state index in [0.29, 0.717) is 45.6 Å². The second-order valence-electron chi connectivity index (χ2n) is 6.90. The van der Waals surface area contributed by atoms with Crippen molar-refractivity contribution in [1.29, 1.82) is 0 Å². The highest BCUT2D eigenvalue weighted by atomic mass is 16.5. The lowest BCUT2D eigenvalue weighted by atomic mass is 9.96. The number of hydrogen-bond acceptors (Lipinski definition) is 7. The molecule has 0 saturated carbocycles. The molecule has 0 aliphatic carbocycles. The Labute approximate surface area is 188 Å². The number of benzene rings is 3. The van der Waals surface area contributed by atoms with Crippen molar-refractivity contribution in [2.75, 3.05) is 42.7 Å². The van der Waals surface area contributed by atoms with Crippen LogP contribution < -0.4 is 28.4 Å². The zero-order valence-electron chi connectivity index (χ0n) is 19.1. The largest absolute Gasteiger partial charge is 0.493 e. The van der Waals surface area contributed by atoms with E-state index in [0.717, 1.165) is 11.1 Å². The standard InChI is InChI=1S/C25H28O7/c1-27-19-11-17(12-20(28-2)24(19)31-5)15-8-7-9-16(10-15)23(26)18-13-21(29-3)25(32-6)22(14-18)30-4/h7-14,23,26H,1-6H3. The predicted octanol–water partition coefficient (Wildman–Crippen LogP) is 4.49. The Morgan fingerprint density at radius 3 is 1.44 bits per heavy atom. The number of rotatable bonds is 9. The van der Waals surface area contributed by atoms with Crippen LogP contribution in [-0.4, -0.2) is 47.8 Å². The first-order valence-corrected chi connectivity index (χ1v) is 9.89. The van der Waals surface area contributed by atoms with Crippen LogP contribution in [0, 0.1) is 0 Å². The number of aliphatic hydroxyl groups excluding tert-OH is 1. The topological polar surface area (TPSA) is 75.6 Å². The summed E-state index contributed by atoms with van der Waals surface area (Å²) in [5.41, 5.74) is 3.05. The van der Waals surface area contributed by atoms with E-state index in [2.05, 4.69) is 0 Å². The van der Waals surface area contributed by atoms with Crippen LogP contribution in [0.4, 0.5) is 0 Å². The van der Waals surface area contributed by atoms with E-state index in [4.69, 9.17) is 28.4 Å². The van der Waals surface area contributed by atoms with E-state index in [1.54, 1.807) is 47.7 Å². The molecule has 0 aromatic heterocycles. The Kier molecular flexibility index (Phi) is 7.33. The minimum absolute atomic E-state index is 0.470. The third kappa shape index (κ3) is 4.38. The first-order chi connectivity index (χ1) is 15.5. The smallest absolute Gasteiger partial charge is 0.203 e. The van der Waals surface area contributed by atoms with Crippen molar-refractivity contribution in [2.24, 2.45) is 0 Å². The SMILES string of the molecule is COc1cc(-c2cccc(C(O)c3cc(OC)c(OC)c(OC)c3)c2)cc(OC)c1OC. The van der Waals surface area contributed by atoms with Crippen molar-refractivity contribution in [1.82, 2.24) is 0 Å². The van der Waals surface area contributed by atoms with Crippen molar-refractivity contribution in [3.8, 4) is 45.6 Å². The molecule has 3 aromatic rings. The summed E-state index contributed by atoms with van der Waals surface area (Å²) in [4.78, 5) is 0. The zero-order valence-corrected chi connectivity index (χ0v) is 19.1. The van der Waals surface area contributed by atoms with E-state index in [-0.39, 0.29) is 0 Å². The molecule has 0 amide bonds. The van der Waals surface area contributed by atoms with Gasteiger partial charge < -0.3 is 33.5 Å². The molecule has 0 radical (unpaired) electrons. The van der Waals surface area contributed by atoms with Gasteiger partial charge in [-0.1, -0.05) is 18.2 Å². The van der Waals surface area contributed by atoms with Crippen molar-refractivity contribution in [2.45, 2.75) is 6.10 Å². The van der Waals surface area contributed by atoms with Crippen molar-refractivity contribution in [3.05, 3.63) is 59.7 Å². The monoisotopic (exact) mass is 440 g/mol. The normalized spacial score (nSPS) is 11.5. The van der Waals surface area contributed by atoms with E-state index >= 15 is 0 Å². The molecule has 3 rings (SSSR count). The van der Waals surface area contributed by atoms with Gasteiger partial charge in [0, 0.05) is 0 Å². The summed E-state index contributed by atoms with van der Waals surface area (Å²) in [6.07, 6.45) is -0.911. The maximum atomic E-state index is 11.1. The summed E-state index contributed by atoms with van der Waals surface area (Å²) in [5.74, 6) is 3.04. The van der Waals surface area contributed by atoms with Gasteiger partial charge in [0.1, 0.15) is 6.10 Å². The van der Waals surface area contributed by atoms with E-state index in [9.17, 15) is 5.11 Å². The Hall–Kier alpha value is -3.58. The molecule has 1 N–H and O–H groups in total. The lowest BCUT2D eigenvalue weighted by molar-refractivity contribution is 0.218. The molecule has 0 heterocycles. The van der Waals surface area contributed by atoms with E-state index in [1.807, 2.05) is 36.4 Å². The lowest BCUT2D eigenvalue weighted by Crippen LogP contribution is -2.03. The Morgan fingerprint density at radius 1 is 0.531 bits per heavy atom. The second-order valence-corrected chi connectivity index (χ2v) is 6.90. The molecule has 0 spiro atoms. The molecule has 0 saturated heterocycles. The minimum atomic E-state index is -0.911. The van der Waals surface area contributed by atoms with Gasteiger partial charge in [-0.3, -0.25) is 0 Å². The second kappa shape index (κ2) is 10.2. The average molecular weight is 440 g/mol. The van der Waals surface area contributed by atoms with E-state index in [1.165, 1.54) is 7.11 Å². The molecule has 3 aromatic carbocycles. The summed E-state index contributed by atoms with van der Waals surface area (Å²) in [6, 6.07) is 14.8. The van der Waals surface area contributed by atoms with Crippen molar-refractivity contribution < 1.29 is 33.5 Å². The number of hydrogen-bond donors (Lipinski definition) is 1. The average Bonchev–Trinajstić information content (AvgIpc) is 2.86. The van der Waals surface area contributed by atoms with Crippen LogP contribution in [0.5, 0.6) is 34.5 Å². The van der Waals surface area contributed by atoms with Gasteiger partial charge in [-0.15, -0.1) is 0 Å². The van der Waals surface area contributed by atoms with Gasteiger partial charge in [0.15, 0.2) is 23.0 Å². The number of aliphatic hydroxyl groups is 1. The zero-order chi connectivity index (χ0) is 23.3. The molecule has 7 heteroatoms. The van der Waals surface area contributed by atoms with Crippen LogP contribution in [0.1, 0.15) is 17.2 Å². The molecule has 32 heavy (non-hydrogen) atoms. The lowest BCUT2D eigenvalue weighted by Gasteiger charge is -2.18. The van der Waals surface area contributed by atoms with Crippen LogP contribution in [0.3, 0.4) is 0 Å². The molecule has 0 fully saturated rings. The summed E-state index contributed by atoms with van der Waals surface area (Å²) >= 11 is 0. The Morgan fingerprint density at radius 2 is 1.00 bits per heavy atom. The summed E-state index contributed by atoms with van der Waals surface area (Å²) in [7, 11) is 9.33. The fourth-order valence-corrected chi connectivity index (χ4v) is 3.59. The molecule has 1 unspecified atom stereocenters. The summed E-state index contributed by atoms with van der Waals surface area (Å²) in [6.45, 7) is 0. The van der Waals surface area contributed by atoms with Crippen LogP contribution in [-0.2, 0) is 0 Å². The highest BCUT2D eigenvalue weighted by Crippen LogP contribution is 2.43. The number of ether oxygens (including phenoxy) is 6. The van der Waals surface area contributed by atoms with Crippen molar-refractivity contribution in [3.63, 3.8) is 0 Å². The fraction of sp³-hybridized carbons (Fsp3) is 0.280. The molecule has 0 aliphatic heterocycles. The van der Waals surface area contributed by atoms with Crippen LogP contribution >= 0.6 is 0 Å². The molecule has 7 nitrogen and oxygen atoms in total. The van der Waals surface area contributed by atoms with Gasteiger partial charge in [0.2, 0.25) is 11.5 Å². The van der Waals surface area contributed by atoms with Crippen LogP contribution in [0.15, 0.2) is 48.5 Å². The molecule has 0 bridgehead atoms.